The molecule has 0 aromatic carbocycles. The van der Waals surface area contributed by atoms with Crippen molar-refractivity contribution in [3.63, 3.8) is 0 Å². The second kappa shape index (κ2) is 10.9. The minimum absolute atomic E-state index is 0.148. The molecule has 0 spiro atoms. The van der Waals surface area contributed by atoms with Crippen molar-refractivity contribution in [2.75, 3.05) is 0 Å². The Kier molecular flexibility index (Phi) is 10.0. The highest BCUT2D eigenvalue weighted by atomic mass is 16.6. The number of allylic oxidation sites excluding steroid dienone is 4. The van der Waals surface area contributed by atoms with Crippen LogP contribution < -0.4 is 0 Å². The van der Waals surface area contributed by atoms with Crippen LogP contribution in [0.25, 0.3) is 0 Å². The van der Waals surface area contributed by atoms with Gasteiger partial charge in [0.1, 0.15) is 11.4 Å². The third-order valence-electron chi connectivity index (χ3n) is 3.87. The van der Waals surface area contributed by atoms with E-state index in [0.29, 0.717) is 12.8 Å². The molecular weight excluding hydrogens is 288 g/mol. The molecule has 0 radical (unpaired) electrons. The summed E-state index contributed by atoms with van der Waals surface area (Å²) in [6.45, 7) is 15.3. The van der Waals surface area contributed by atoms with Gasteiger partial charge in [-0.15, -0.1) is 0 Å². The van der Waals surface area contributed by atoms with Crippen LogP contribution in [-0.2, 0) is 9.53 Å². The lowest BCUT2D eigenvalue weighted by Gasteiger charge is -2.26. The van der Waals surface area contributed by atoms with Crippen LogP contribution >= 0.6 is 0 Å². The maximum Gasteiger partial charge on any atom is 0.306 e. The number of aliphatic hydroxyl groups excluding tert-OH is 1. The maximum absolute atomic E-state index is 12.2. The molecule has 0 aliphatic carbocycles. The smallest absolute Gasteiger partial charge is 0.306 e. The predicted octanol–water partition coefficient (Wildman–Crippen LogP) is 5.66. The van der Waals surface area contributed by atoms with Gasteiger partial charge < -0.3 is 9.84 Å². The molecule has 0 heterocycles. The number of hydrogen-bond acceptors (Lipinski definition) is 3. The van der Waals surface area contributed by atoms with E-state index in [0.717, 1.165) is 19.3 Å². The standard InChI is InChI=1S/C20H32O3/c1-7-17(12-13-18(21)8-2)15-19(22)23-20(6,9-3)14-10-11-16(4)5/h8-9,11,13,17,21H,2-3,7,10,12,14-15H2,1,4-6H3. The van der Waals surface area contributed by atoms with E-state index in [2.05, 4.69) is 33.1 Å². The van der Waals surface area contributed by atoms with E-state index >= 15 is 0 Å². The fourth-order valence-electron chi connectivity index (χ4n) is 2.14. The third kappa shape index (κ3) is 9.77. The zero-order valence-electron chi connectivity index (χ0n) is 15.1. The molecule has 3 heteroatoms. The van der Waals surface area contributed by atoms with E-state index in [1.807, 2.05) is 13.8 Å². The van der Waals surface area contributed by atoms with Crippen molar-refractivity contribution in [3.8, 4) is 0 Å². The molecule has 0 aliphatic heterocycles. The van der Waals surface area contributed by atoms with Gasteiger partial charge in [0.15, 0.2) is 0 Å². The van der Waals surface area contributed by atoms with Crippen LogP contribution in [0.1, 0.15) is 59.8 Å². The quantitative estimate of drug-likeness (QED) is 0.231. The molecular formula is C20H32O3. The van der Waals surface area contributed by atoms with Gasteiger partial charge in [-0.2, -0.15) is 0 Å². The first kappa shape index (κ1) is 21.2. The highest BCUT2D eigenvalue weighted by Crippen LogP contribution is 2.23. The van der Waals surface area contributed by atoms with Crippen molar-refractivity contribution in [1.29, 1.82) is 0 Å². The monoisotopic (exact) mass is 320 g/mol. The topological polar surface area (TPSA) is 46.5 Å². The van der Waals surface area contributed by atoms with Crippen LogP contribution in [0.4, 0.5) is 0 Å². The number of ether oxygens (including phenoxy) is 1. The van der Waals surface area contributed by atoms with Gasteiger partial charge in [0, 0.05) is 6.42 Å². The number of carbonyl (C=O) groups is 1. The zero-order chi connectivity index (χ0) is 17.9. The zero-order valence-corrected chi connectivity index (χ0v) is 15.1. The molecule has 0 aromatic heterocycles. The minimum Gasteiger partial charge on any atom is -0.508 e. The van der Waals surface area contributed by atoms with Crippen molar-refractivity contribution >= 4 is 5.97 Å². The van der Waals surface area contributed by atoms with Crippen molar-refractivity contribution in [3.05, 3.63) is 48.8 Å². The summed E-state index contributed by atoms with van der Waals surface area (Å²) in [6.07, 6.45) is 10.3. The minimum atomic E-state index is -0.638. The first-order valence-corrected chi connectivity index (χ1v) is 8.26. The number of hydrogen-bond donors (Lipinski definition) is 1. The molecule has 2 unspecified atom stereocenters. The molecule has 130 valence electrons. The third-order valence-corrected chi connectivity index (χ3v) is 3.87. The van der Waals surface area contributed by atoms with Gasteiger partial charge in [0.2, 0.25) is 0 Å². The van der Waals surface area contributed by atoms with Crippen LogP contribution in [0.15, 0.2) is 48.8 Å². The fourth-order valence-corrected chi connectivity index (χ4v) is 2.14. The Hall–Kier alpha value is -1.77. The Balaban J connectivity index is 4.59. The molecule has 0 aromatic rings. The van der Waals surface area contributed by atoms with Crippen molar-refractivity contribution in [2.24, 2.45) is 5.92 Å². The van der Waals surface area contributed by atoms with Gasteiger partial charge in [0.25, 0.3) is 0 Å². The molecule has 0 amide bonds. The van der Waals surface area contributed by atoms with Gasteiger partial charge >= 0.3 is 5.97 Å². The number of carbonyl (C=O) groups excluding carboxylic acids is 1. The normalized spacial score (nSPS) is 15.2. The van der Waals surface area contributed by atoms with Crippen molar-refractivity contribution < 1.29 is 14.6 Å². The van der Waals surface area contributed by atoms with E-state index < -0.39 is 5.60 Å². The van der Waals surface area contributed by atoms with Gasteiger partial charge in [0.05, 0.1) is 0 Å². The Labute approximate surface area is 141 Å². The second-order valence-electron chi connectivity index (χ2n) is 6.36. The van der Waals surface area contributed by atoms with Crippen molar-refractivity contribution in [2.45, 2.75) is 65.4 Å². The molecule has 0 aliphatic rings. The Morgan fingerprint density at radius 1 is 1.30 bits per heavy atom. The van der Waals surface area contributed by atoms with Crippen LogP contribution in [0.5, 0.6) is 0 Å². The summed E-state index contributed by atoms with van der Waals surface area (Å²) in [7, 11) is 0. The van der Waals surface area contributed by atoms with Crippen LogP contribution in [-0.4, -0.2) is 16.7 Å². The van der Waals surface area contributed by atoms with Crippen LogP contribution in [0.2, 0.25) is 0 Å². The molecule has 1 N–H and O–H groups in total. The lowest BCUT2D eigenvalue weighted by Crippen LogP contribution is -2.30. The van der Waals surface area contributed by atoms with Gasteiger partial charge in [-0.1, -0.05) is 38.2 Å². The van der Waals surface area contributed by atoms with Gasteiger partial charge in [-0.3, -0.25) is 4.79 Å². The second-order valence-corrected chi connectivity index (χ2v) is 6.36. The summed E-state index contributed by atoms with van der Waals surface area (Å²) in [4.78, 5) is 12.2. The first-order chi connectivity index (χ1) is 10.8. The maximum atomic E-state index is 12.2. The summed E-state index contributed by atoms with van der Waals surface area (Å²) in [5.74, 6) is 0.0776. The highest BCUT2D eigenvalue weighted by Gasteiger charge is 2.25. The Morgan fingerprint density at radius 3 is 2.43 bits per heavy atom. The van der Waals surface area contributed by atoms with E-state index in [9.17, 15) is 9.90 Å². The first-order valence-electron chi connectivity index (χ1n) is 8.26. The van der Waals surface area contributed by atoms with Gasteiger partial charge in [-0.05, 0) is 64.2 Å². The molecule has 0 fully saturated rings. The van der Waals surface area contributed by atoms with E-state index in [-0.39, 0.29) is 17.6 Å². The number of esters is 1. The fraction of sp³-hybridized carbons (Fsp3) is 0.550. The summed E-state index contributed by atoms with van der Waals surface area (Å²) in [5, 5.41) is 9.41. The summed E-state index contributed by atoms with van der Waals surface area (Å²) in [6, 6.07) is 0. The molecule has 3 nitrogen and oxygen atoms in total. The summed E-state index contributed by atoms with van der Waals surface area (Å²) < 4.78 is 5.64. The Bertz CT molecular complexity index is 456. The molecule has 0 bridgehead atoms. The lowest BCUT2D eigenvalue weighted by molar-refractivity contribution is -0.155. The van der Waals surface area contributed by atoms with Crippen molar-refractivity contribution in [1.82, 2.24) is 0 Å². The van der Waals surface area contributed by atoms with E-state index in [4.69, 9.17) is 4.74 Å². The van der Waals surface area contributed by atoms with Crippen LogP contribution in [0.3, 0.4) is 0 Å². The highest BCUT2D eigenvalue weighted by molar-refractivity contribution is 5.70. The molecule has 23 heavy (non-hydrogen) atoms. The predicted molar refractivity (Wildman–Crippen MR) is 97.3 cm³/mol. The molecule has 0 rings (SSSR count). The number of aliphatic hydroxyl groups is 1. The summed E-state index contributed by atoms with van der Waals surface area (Å²) >= 11 is 0. The molecule has 0 saturated heterocycles. The SMILES string of the molecule is C=CC(O)=CCC(CC)CC(=O)OC(C)(C=C)CCC=C(C)C. The average molecular weight is 320 g/mol. The van der Waals surface area contributed by atoms with E-state index in [1.54, 1.807) is 12.2 Å². The van der Waals surface area contributed by atoms with E-state index in [1.165, 1.54) is 11.6 Å². The summed E-state index contributed by atoms with van der Waals surface area (Å²) in [5.41, 5.74) is 0.614. The molecule has 2 atom stereocenters. The average Bonchev–Trinajstić information content (AvgIpc) is 2.50. The van der Waals surface area contributed by atoms with Gasteiger partial charge in [-0.25, -0.2) is 0 Å². The largest absolute Gasteiger partial charge is 0.508 e. The lowest BCUT2D eigenvalue weighted by atomic mass is 9.96. The molecule has 0 saturated carbocycles. The Morgan fingerprint density at radius 2 is 1.96 bits per heavy atom. The van der Waals surface area contributed by atoms with Crippen LogP contribution in [0, 0.1) is 5.92 Å². The number of rotatable bonds is 11.